The predicted octanol–water partition coefficient (Wildman–Crippen LogP) is 4.83. The molecule has 1 fully saturated rings. The number of nitrogens with one attached hydrogen (secondary N) is 1. The molecule has 0 spiro atoms. The fourth-order valence-electron chi connectivity index (χ4n) is 3.60. The van der Waals surface area contributed by atoms with Crippen molar-refractivity contribution in [1.82, 2.24) is 9.88 Å². The Labute approximate surface area is 192 Å². The average molecular weight is 498 g/mol. The number of aromatic nitrogens is 1. The number of anilines is 1. The summed E-state index contributed by atoms with van der Waals surface area (Å²) in [5, 5.41) is 2.44. The van der Waals surface area contributed by atoms with Crippen molar-refractivity contribution in [3.05, 3.63) is 87.4 Å². The molecule has 5 nitrogen and oxygen atoms in total. The van der Waals surface area contributed by atoms with Gasteiger partial charge in [-0.3, -0.25) is 19.8 Å². The Morgan fingerprint density at radius 3 is 2.52 bits per heavy atom. The number of benzene rings is 2. The summed E-state index contributed by atoms with van der Waals surface area (Å²) >= 11 is 8.74. The van der Waals surface area contributed by atoms with E-state index in [0.29, 0.717) is 0 Å². The smallest absolute Gasteiger partial charge is 0.270 e. The van der Waals surface area contributed by atoms with Crippen LogP contribution in [0.4, 0.5) is 10.1 Å². The van der Waals surface area contributed by atoms with Gasteiger partial charge in [0.25, 0.3) is 11.8 Å². The summed E-state index contributed by atoms with van der Waals surface area (Å²) in [5.74, 6) is -1.70. The third-order valence-corrected chi connectivity index (χ3v) is 5.99. The molecule has 0 bridgehead atoms. The van der Waals surface area contributed by atoms with Crippen molar-refractivity contribution >= 4 is 56.8 Å². The van der Waals surface area contributed by atoms with E-state index in [2.05, 4.69) is 21.2 Å². The van der Waals surface area contributed by atoms with Crippen molar-refractivity contribution in [2.75, 3.05) is 4.90 Å². The molecule has 0 atom stereocenters. The number of hydrogen-bond donors (Lipinski definition) is 1. The van der Waals surface area contributed by atoms with Crippen LogP contribution in [-0.4, -0.2) is 21.5 Å². The first-order valence-corrected chi connectivity index (χ1v) is 10.6. The van der Waals surface area contributed by atoms with E-state index in [1.807, 2.05) is 48.7 Å². The molecule has 1 aromatic heterocycles. The standard InChI is InChI=1S/C23H17BrFN3O2S/c1-13-10-15(14(2)27(13)20-9-4-3-8-19(20)24)11-18-21(29)26-23(31)28(22(18)30)17-7-5-6-16(25)12-17/h3-12H,1-2H3,(H,26,29,31)/b18-11+. The van der Waals surface area contributed by atoms with Crippen LogP contribution in [0, 0.1) is 19.7 Å². The zero-order chi connectivity index (χ0) is 22.3. The van der Waals surface area contributed by atoms with E-state index in [1.165, 1.54) is 18.2 Å². The summed E-state index contributed by atoms with van der Waals surface area (Å²) in [4.78, 5) is 26.9. The molecule has 156 valence electrons. The second kappa shape index (κ2) is 8.20. The lowest BCUT2D eigenvalue weighted by Gasteiger charge is -2.28. The van der Waals surface area contributed by atoms with Gasteiger partial charge in [-0.05, 0) is 90.0 Å². The minimum atomic E-state index is -0.606. The number of amides is 2. The molecule has 0 radical (unpaired) electrons. The van der Waals surface area contributed by atoms with E-state index < -0.39 is 17.6 Å². The van der Waals surface area contributed by atoms with Gasteiger partial charge in [0.1, 0.15) is 11.4 Å². The number of hydrogen-bond acceptors (Lipinski definition) is 3. The van der Waals surface area contributed by atoms with Gasteiger partial charge in [0.2, 0.25) is 0 Å². The van der Waals surface area contributed by atoms with Gasteiger partial charge in [-0.15, -0.1) is 0 Å². The molecule has 0 aliphatic carbocycles. The zero-order valence-corrected chi connectivity index (χ0v) is 19.1. The van der Waals surface area contributed by atoms with Crippen molar-refractivity contribution in [3.63, 3.8) is 0 Å². The molecular formula is C23H17BrFN3O2S. The van der Waals surface area contributed by atoms with Crippen molar-refractivity contribution in [2.45, 2.75) is 13.8 Å². The lowest BCUT2D eigenvalue weighted by Crippen LogP contribution is -2.54. The van der Waals surface area contributed by atoms with Gasteiger partial charge in [-0.25, -0.2) is 4.39 Å². The highest BCUT2D eigenvalue weighted by Crippen LogP contribution is 2.29. The average Bonchev–Trinajstić information content (AvgIpc) is 2.99. The maximum Gasteiger partial charge on any atom is 0.270 e. The normalized spacial score (nSPS) is 15.5. The highest BCUT2D eigenvalue weighted by molar-refractivity contribution is 9.10. The van der Waals surface area contributed by atoms with Crippen LogP contribution < -0.4 is 10.2 Å². The number of para-hydroxylation sites is 1. The number of carbonyl (C=O) groups is 2. The first-order chi connectivity index (χ1) is 14.8. The van der Waals surface area contributed by atoms with E-state index in [4.69, 9.17) is 12.2 Å². The first-order valence-electron chi connectivity index (χ1n) is 9.39. The van der Waals surface area contributed by atoms with Gasteiger partial charge in [-0.2, -0.15) is 0 Å². The molecule has 1 N–H and O–H groups in total. The van der Waals surface area contributed by atoms with Gasteiger partial charge in [-0.1, -0.05) is 18.2 Å². The molecule has 1 aliphatic rings. The summed E-state index contributed by atoms with van der Waals surface area (Å²) < 4.78 is 16.7. The maximum absolute atomic E-state index is 13.7. The SMILES string of the molecule is Cc1cc(/C=C2\C(=O)NC(=S)N(c3cccc(F)c3)C2=O)c(C)n1-c1ccccc1Br. The van der Waals surface area contributed by atoms with Gasteiger partial charge < -0.3 is 4.57 Å². The Morgan fingerprint density at radius 1 is 1.06 bits per heavy atom. The van der Waals surface area contributed by atoms with E-state index in [-0.39, 0.29) is 16.4 Å². The lowest BCUT2D eigenvalue weighted by atomic mass is 10.1. The highest BCUT2D eigenvalue weighted by atomic mass is 79.9. The Morgan fingerprint density at radius 2 is 1.81 bits per heavy atom. The summed E-state index contributed by atoms with van der Waals surface area (Å²) in [5.41, 5.74) is 3.65. The minimum Gasteiger partial charge on any atom is -0.317 e. The van der Waals surface area contributed by atoms with Crippen LogP contribution in [0.15, 0.2) is 64.6 Å². The predicted molar refractivity (Wildman–Crippen MR) is 126 cm³/mol. The summed E-state index contributed by atoms with van der Waals surface area (Å²) in [6, 6.07) is 15.2. The quantitative estimate of drug-likeness (QED) is 0.320. The molecule has 1 aliphatic heterocycles. The van der Waals surface area contributed by atoms with Gasteiger partial charge in [0.05, 0.1) is 11.4 Å². The highest BCUT2D eigenvalue weighted by Gasteiger charge is 2.35. The topological polar surface area (TPSA) is 54.3 Å². The van der Waals surface area contributed by atoms with E-state index in [9.17, 15) is 14.0 Å². The largest absolute Gasteiger partial charge is 0.317 e. The molecule has 0 unspecified atom stereocenters. The van der Waals surface area contributed by atoms with Crippen LogP contribution in [0.2, 0.25) is 0 Å². The van der Waals surface area contributed by atoms with Crippen LogP contribution >= 0.6 is 28.1 Å². The van der Waals surface area contributed by atoms with Crippen LogP contribution in [-0.2, 0) is 9.59 Å². The number of aryl methyl sites for hydroxylation is 1. The van der Waals surface area contributed by atoms with E-state index in [1.54, 1.807) is 12.1 Å². The fraction of sp³-hybridized carbons (Fsp3) is 0.0870. The number of thiocarbonyl (C=S) groups is 1. The summed E-state index contributed by atoms with van der Waals surface area (Å²) in [6.07, 6.45) is 1.54. The Hall–Kier alpha value is -3.10. The van der Waals surface area contributed by atoms with E-state index in [0.717, 1.165) is 32.0 Å². The zero-order valence-electron chi connectivity index (χ0n) is 16.6. The summed E-state index contributed by atoms with van der Waals surface area (Å²) in [6.45, 7) is 3.87. The molecular weight excluding hydrogens is 481 g/mol. The maximum atomic E-state index is 13.7. The first kappa shape index (κ1) is 21.1. The van der Waals surface area contributed by atoms with Crippen molar-refractivity contribution in [3.8, 4) is 5.69 Å². The van der Waals surface area contributed by atoms with Crippen LogP contribution in [0.25, 0.3) is 11.8 Å². The second-order valence-corrected chi connectivity index (χ2v) is 8.29. The van der Waals surface area contributed by atoms with Crippen LogP contribution in [0.3, 0.4) is 0 Å². The Kier molecular flexibility index (Phi) is 5.60. The third kappa shape index (κ3) is 3.84. The molecule has 2 heterocycles. The van der Waals surface area contributed by atoms with Gasteiger partial charge in [0, 0.05) is 15.9 Å². The molecule has 2 aromatic carbocycles. The second-order valence-electron chi connectivity index (χ2n) is 7.05. The molecule has 4 rings (SSSR count). The minimum absolute atomic E-state index is 0.0785. The molecule has 0 saturated carbocycles. The van der Waals surface area contributed by atoms with Crippen LogP contribution in [0.5, 0.6) is 0 Å². The number of carbonyl (C=O) groups excluding carboxylic acids is 2. The van der Waals surface area contributed by atoms with Crippen molar-refractivity contribution in [1.29, 1.82) is 0 Å². The fourth-order valence-corrected chi connectivity index (χ4v) is 4.34. The number of halogens is 2. The van der Waals surface area contributed by atoms with Crippen LogP contribution in [0.1, 0.15) is 17.0 Å². The van der Waals surface area contributed by atoms with Gasteiger partial charge in [0.15, 0.2) is 5.11 Å². The molecule has 3 aromatic rings. The van der Waals surface area contributed by atoms with E-state index >= 15 is 0 Å². The van der Waals surface area contributed by atoms with Gasteiger partial charge >= 0.3 is 0 Å². The van der Waals surface area contributed by atoms with Crippen molar-refractivity contribution in [2.24, 2.45) is 0 Å². The monoisotopic (exact) mass is 497 g/mol. The molecule has 1 saturated heterocycles. The lowest BCUT2D eigenvalue weighted by molar-refractivity contribution is -0.122. The molecule has 2 amide bonds. The molecule has 31 heavy (non-hydrogen) atoms. The Balaban J connectivity index is 1.79. The third-order valence-electron chi connectivity index (χ3n) is 5.03. The Bertz CT molecular complexity index is 1280. The number of rotatable bonds is 3. The molecule has 8 heteroatoms. The van der Waals surface area contributed by atoms with Crippen molar-refractivity contribution < 1.29 is 14.0 Å². The summed E-state index contributed by atoms with van der Waals surface area (Å²) in [7, 11) is 0. The number of nitrogens with zero attached hydrogens (tertiary/aromatic N) is 2.